The van der Waals surface area contributed by atoms with Gasteiger partial charge in [0, 0.05) is 20.3 Å². The molecule has 4 aromatic rings. The van der Waals surface area contributed by atoms with Crippen molar-refractivity contribution in [1.29, 1.82) is 0 Å². The lowest BCUT2D eigenvalue weighted by Crippen LogP contribution is -2.10. The second-order valence-corrected chi connectivity index (χ2v) is 5.11. The fourth-order valence-electron chi connectivity index (χ4n) is 2.38. The molecular formula is C15H14N6. The molecule has 0 saturated heterocycles. The SMILES string of the molecule is CN(C)c1ccc2[nH]c(-c3cnn4ccccc34)nc2n1. The average Bonchev–Trinajstić information content (AvgIpc) is 3.09. The highest BCUT2D eigenvalue weighted by atomic mass is 15.2. The molecule has 6 nitrogen and oxygen atoms in total. The van der Waals surface area contributed by atoms with Crippen molar-refractivity contribution in [3.05, 3.63) is 42.7 Å². The zero-order valence-corrected chi connectivity index (χ0v) is 11.8. The number of nitrogens with zero attached hydrogens (tertiary/aromatic N) is 5. The first-order valence-electron chi connectivity index (χ1n) is 6.69. The number of fused-ring (bicyclic) bond motifs is 2. The summed E-state index contributed by atoms with van der Waals surface area (Å²) in [5.41, 5.74) is 3.63. The zero-order chi connectivity index (χ0) is 14.4. The lowest BCUT2D eigenvalue weighted by molar-refractivity contribution is 0.961. The fourth-order valence-corrected chi connectivity index (χ4v) is 2.38. The molecule has 0 spiro atoms. The maximum atomic E-state index is 4.60. The number of anilines is 1. The van der Waals surface area contributed by atoms with Crippen LogP contribution < -0.4 is 4.90 Å². The molecule has 4 aromatic heterocycles. The number of rotatable bonds is 2. The molecule has 0 radical (unpaired) electrons. The number of imidazole rings is 1. The van der Waals surface area contributed by atoms with Crippen LogP contribution in [0.1, 0.15) is 0 Å². The van der Waals surface area contributed by atoms with Gasteiger partial charge in [0.2, 0.25) is 0 Å². The molecule has 0 atom stereocenters. The van der Waals surface area contributed by atoms with Gasteiger partial charge in [0.15, 0.2) is 5.65 Å². The monoisotopic (exact) mass is 278 g/mol. The summed E-state index contributed by atoms with van der Waals surface area (Å²) in [5.74, 6) is 1.68. The van der Waals surface area contributed by atoms with Crippen LogP contribution in [0.3, 0.4) is 0 Å². The first-order valence-corrected chi connectivity index (χ1v) is 6.69. The predicted octanol–water partition coefficient (Wildman–Crippen LogP) is 2.34. The smallest absolute Gasteiger partial charge is 0.180 e. The van der Waals surface area contributed by atoms with E-state index in [4.69, 9.17) is 0 Å². The van der Waals surface area contributed by atoms with E-state index in [2.05, 4.69) is 20.1 Å². The zero-order valence-electron chi connectivity index (χ0n) is 11.8. The molecule has 104 valence electrons. The van der Waals surface area contributed by atoms with Gasteiger partial charge in [0.25, 0.3) is 0 Å². The number of aromatic amines is 1. The van der Waals surface area contributed by atoms with Gasteiger partial charge >= 0.3 is 0 Å². The van der Waals surface area contributed by atoms with E-state index in [9.17, 15) is 0 Å². The number of nitrogens with one attached hydrogen (secondary N) is 1. The van der Waals surface area contributed by atoms with Crippen molar-refractivity contribution >= 4 is 22.5 Å². The summed E-state index contributed by atoms with van der Waals surface area (Å²) in [6, 6.07) is 9.94. The first-order chi connectivity index (χ1) is 10.2. The minimum Gasteiger partial charge on any atom is -0.363 e. The second kappa shape index (κ2) is 4.31. The molecule has 21 heavy (non-hydrogen) atoms. The van der Waals surface area contributed by atoms with Gasteiger partial charge in [0.1, 0.15) is 11.6 Å². The minimum absolute atomic E-state index is 0.714. The van der Waals surface area contributed by atoms with Crippen molar-refractivity contribution in [3.8, 4) is 11.4 Å². The summed E-state index contributed by atoms with van der Waals surface area (Å²) in [6.45, 7) is 0. The van der Waals surface area contributed by atoms with Crippen LogP contribution in [0, 0.1) is 0 Å². The molecule has 0 amide bonds. The summed E-state index contributed by atoms with van der Waals surface area (Å²) in [6.07, 6.45) is 3.74. The standard InChI is InChI=1S/C15H14N6/c1-20(2)13-7-6-11-15(18-13)19-14(17-11)10-9-16-21-8-4-3-5-12(10)21/h3-9H,1-2H3,(H,17,18,19). The van der Waals surface area contributed by atoms with E-state index >= 15 is 0 Å². The van der Waals surface area contributed by atoms with E-state index < -0.39 is 0 Å². The van der Waals surface area contributed by atoms with E-state index in [1.807, 2.05) is 66.2 Å². The number of H-pyrrole nitrogens is 1. The van der Waals surface area contributed by atoms with E-state index in [-0.39, 0.29) is 0 Å². The Balaban J connectivity index is 1.90. The van der Waals surface area contributed by atoms with Crippen molar-refractivity contribution < 1.29 is 0 Å². The predicted molar refractivity (Wildman–Crippen MR) is 82.4 cm³/mol. The van der Waals surface area contributed by atoms with Crippen LogP contribution in [0.2, 0.25) is 0 Å². The highest BCUT2D eigenvalue weighted by Gasteiger charge is 2.12. The number of aromatic nitrogens is 5. The van der Waals surface area contributed by atoms with Gasteiger partial charge in [-0.1, -0.05) is 6.07 Å². The topological polar surface area (TPSA) is 62.1 Å². The van der Waals surface area contributed by atoms with Gasteiger partial charge in [-0.15, -0.1) is 0 Å². The van der Waals surface area contributed by atoms with Crippen LogP contribution in [0.4, 0.5) is 5.82 Å². The maximum Gasteiger partial charge on any atom is 0.180 e. The van der Waals surface area contributed by atoms with Crippen LogP contribution >= 0.6 is 0 Å². The Kier molecular flexibility index (Phi) is 2.44. The third kappa shape index (κ3) is 1.84. The Morgan fingerprint density at radius 2 is 2.00 bits per heavy atom. The molecule has 1 N–H and O–H groups in total. The van der Waals surface area contributed by atoms with Gasteiger partial charge in [-0.2, -0.15) is 5.10 Å². The Bertz CT molecular complexity index is 934. The van der Waals surface area contributed by atoms with Crippen molar-refractivity contribution in [2.24, 2.45) is 0 Å². The Morgan fingerprint density at radius 1 is 1.10 bits per heavy atom. The lowest BCUT2D eigenvalue weighted by atomic mass is 10.2. The second-order valence-electron chi connectivity index (χ2n) is 5.11. The van der Waals surface area contributed by atoms with Gasteiger partial charge in [0.05, 0.1) is 22.8 Å². The molecule has 0 aromatic carbocycles. The van der Waals surface area contributed by atoms with Crippen molar-refractivity contribution in [3.63, 3.8) is 0 Å². The van der Waals surface area contributed by atoms with Crippen molar-refractivity contribution in [1.82, 2.24) is 24.6 Å². The molecule has 0 unspecified atom stereocenters. The Morgan fingerprint density at radius 3 is 2.86 bits per heavy atom. The Labute approximate surface area is 121 Å². The molecule has 4 heterocycles. The van der Waals surface area contributed by atoms with Crippen LogP contribution in [0.25, 0.3) is 28.1 Å². The third-order valence-electron chi connectivity index (χ3n) is 3.47. The highest BCUT2D eigenvalue weighted by molar-refractivity contribution is 5.82. The average molecular weight is 278 g/mol. The summed E-state index contributed by atoms with van der Waals surface area (Å²) in [7, 11) is 3.93. The van der Waals surface area contributed by atoms with Crippen LogP contribution in [0.15, 0.2) is 42.7 Å². The number of hydrogen-bond acceptors (Lipinski definition) is 4. The van der Waals surface area contributed by atoms with Crippen LogP contribution in [0.5, 0.6) is 0 Å². The van der Waals surface area contributed by atoms with E-state index in [0.717, 1.165) is 28.2 Å². The molecule has 0 aliphatic rings. The summed E-state index contributed by atoms with van der Waals surface area (Å²) >= 11 is 0. The summed E-state index contributed by atoms with van der Waals surface area (Å²) in [5, 5.41) is 4.34. The number of hydrogen-bond donors (Lipinski definition) is 1. The normalized spacial score (nSPS) is 11.3. The highest BCUT2D eigenvalue weighted by Crippen LogP contribution is 2.24. The van der Waals surface area contributed by atoms with E-state index in [1.54, 1.807) is 0 Å². The first kappa shape index (κ1) is 11.9. The quantitative estimate of drug-likeness (QED) is 0.611. The van der Waals surface area contributed by atoms with Gasteiger partial charge in [-0.3, -0.25) is 0 Å². The van der Waals surface area contributed by atoms with Gasteiger partial charge in [-0.05, 0) is 24.3 Å². The molecule has 4 rings (SSSR count). The molecule has 0 fully saturated rings. The van der Waals surface area contributed by atoms with Crippen molar-refractivity contribution in [2.75, 3.05) is 19.0 Å². The Hall–Kier alpha value is -2.89. The third-order valence-corrected chi connectivity index (χ3v) is 3.47. The minimum atomic E-state index is 0.714. The molecule has 6 heteroatoms. The van der Waals surface area contributed by atoms with Gasteiger partial charge < -0.3 is 9.88 Å². The molecule has 0 aliphatic carbocycles. The van der Waals surface area contributed by atoms with Gasteiger partial charge in [-0.25, -0.2) is 14.5 Å². The molecule has 0 aliphatic heterocycles. The maximum absolute atomic E-state index is 4.60. The van der Waals surface area contributed by atoms with Crippen LogP contribution in [-0.2, 0) is 0 Å². The van der Waals surface area contributed by atoms with E-state index in [1.165, 1.54) is 0 Å². The summed E-state index contributed by atoms with van der Waals surface area (Å²) < 4.78 is 1.83. The largest absolute Gasteiger partial charge is 0.363 e. The summed E-state index contributed by atoms with van der Waals surface area (Å²) in [4.78, 5) is 14.4. The molecule has 0 bridgehead atoms. The lowest BCUT2D eigenvalue weighted by Gasteiger charge is -2.09. The fraction of sp³-hybridized carbons (Fsp3) is 0.133. The molecular weight excluding hydrogens is 264 g/mol. The van der Waals surface area contributed by atoms with Crippen LogP contribution in [-0.4, -0.2) is 38.7 Å². The molecule has 0 saturated carbocycles. The van der Waals surface area contributed by atoms with E-state index in [0.29, 0.717) is 5.65 Å². The number of pyridine rings is 2. The van der Waals surface area contributed by atoms with Crippen molar-refractivity contribution in [2.45, 2.75) is 0 Å².